The van der Waals surface area contributed by atoms with E-state index in [-0.39, 0.29) is 21.0 Å². The Balaban J connectivity index is 2.53. The summed E-state index contributed by atoms with van der Waals surface area (Å²) in [5.74, 6) is 0.208. The second kappa shape index (κ2) is 6.00. The zero-order valence-corrected chi connectivity index (χ0v) is 14.2. The topological polar surface area (TPSA) is 98.0 Å². The van der Waals surface area contributed by atoms with Crippen molar-refractivity contribution in [3.05, 3.63) is 40.8 Å². The summed E-state index contributed by atoms with van der Waals surface area (Å²) >= 11 is 11.7. The number of hydrogen-bond acceptors (Lipinski definition) is 6. The van der Waals surface area contributed by atoms with Crippen molar-refractivity contribution < 1.29 is 8.42 Å². The van der Waals surface area contributed by atoms with Gasteiger partial charge >= 0.3 is 0 Å². The Bertz CT molecular complexity index is 804. The first-order valence-corrected chi connectivity index (χ1v) is 8.44. The number of nitrogens with zero attached hydrogens (tertiary/aromatic N) is 2. The maximum atomic E-state index is 12.6. The van der Waals surface area contributed by atoms with E-state index >= 15 is 0 Å². The lowest BCUT2D eigenvalue weighted by atomic mass is 10.3. The number of anilines is 2. The molecule has 0 bridgehead atoms. The highest BCUT2D eigenvalue weighted by Crippen LogP contribution is 2.31. The van der Waals surface area contributed by atoms with Gasteiger partial charge < -0.3 is 11.1 Å². The minimum absolute atomic E-state index is 0.00797. The van der Waals surface area contributed by atoms with Gasteiger partial charge in [0.25, 0.3) is 0 Å². The Labute approximate surface area is 138 Å². The van der Waals surface area contributed by atoms with Crippen LogP contribution in [0.2, 0.25) is 10.3 Å². The first-order chi connectivity index (χ1) is 10.1. The maximum Gasteiger partial charge on any atom is 0.224 e. The number of halogens is 2. The van der Waals surface area contributed by atoms with Gasteiger partial charge in [-0.05, 0) is 37.6 Å². The molecule has 0 saturated carbocycles. The lowest BCUT2D eigenvalue weighted by Crippen LogP contribution is -2.41. The van der Waals surface area contributed by atoms with E-state index < -0.39 is 14.7 Å². The van der Waals surface area contributed by atoms with Gasteiger partial charge in [0, 0.05) is 0 Å². The number of aromatic nitrogens is 2. The summed E-state index contributed by atoms with van der Waals surface area (Å²) in [6.45, 7) is 2.85. The molecule has 0 amide bonds. The molecule has 0 saturated heterocycles. The van der Waals surface area contributed by atoms with Crippen LogP contribution in [0.15, 0.2) is 35.4 Å². The van der Waals surface area contributed by atoms with Crippen molar-refractivity contribution in [1.29, 1.82) is 0 Å². The molecule has 118 valence electrons. The minimum atomic E-state index is -3.75. The maximum absolute atomic E-state index is 12.6. The monoisotopic (exact) mass is 360 g/mol. The number of para-hydroxylation sites is 1. The van der Waals surface area contributed by atoms with Crippen LogP contribution in [-0.4, -0.2) is 23.3 Å². The van der Waals surface area contributed by atoms with Gasteiger partial charge in [0.1, 0.15) is 9.89 Å². The van der Waals surface area contributed by atoms with E-state index in [1.807, 2.05) is 0 Å². The lowest BCUT2D eigenvalue weighted by Gasteiger charge is -2.21. The van der Waals surface area contributed by atoms with Crippen LogP contribution in [0.1, 0.15) is 13.8 Å². The van der Waals surface area contributed by atoms with Gasteiger partial charge in [-0.1, -0.05) is 23.7 Å². The van der Waals surface area contributed by atoms with Gasteiger partial charge in [0.2, 0.25) is 5.28 Å². The smallest absolute Gasteiger partial charge is 0.224 e. The highest BCUT2D eigenvalue weighted by atomic mass is 35.5. The Hall–Kier alpha value is -1.41. The first kappa shape index (κ1) is 17.0. The summed E-state index contributed by atoms with van der Waals surface area (Å²) in [4.78, 5) is 6.29. The summed E-state index contributed by atoms with van der Waals surface area (Å²) < 4.78 is 25.1. The number of nitrogens with two attached hydrogens (primary N) is 1. The van der Waals surface area contributed by atoms with Crippen LogP contribution in [0, 0.1) is 0 Å². The third kappa shape index (κ3) is 3.33. The summed E-state index contributed by atoms with van der Waals surface area (Å²) in [7, 11) is -3.75. The predicted molar refractivity (Wildman–Crippen MR) is 87.2 cm³/mol. The molecule has 0 fully saturated rings. The molecule has 0 atom stereocenters. The van der Waals surface area contributed by atoms with Crippen LogP contribution in [-0.2, 0) is 9.84 Å². The Morgan fingerprint density at radius 2 is 1.86 bits per heavy atom. The SMILES string of the molecule is CC(C)(N)S(=O)(=O)c1ccccc1Nc1nc(Cl)ncc1Cl. The Kier molecular flexibility index (Phi) is 4.62. The van der Waals surface area contributed by atoms with E-state index in [1.54, 1.807) is 18.2 Å². The van der Waals surface area contributed by atoms with E-state index in [9.17, 15) is 8.42 Å². The predicted octanol–water partition coefficient (Wildman–Crippen LogP) is 3.00. The molecule has 3 N–H and O–H groups in total. The fourth-order valence-electron chi connectivity index (χ4n) is 1.65. The lowest BCUT2D eigenvalue weighted by molar-refractivity contribution is 0.553. The molecule has 0 unspecified atom stereocenters. The van der Waals surface area contributed by atoms with Crippen LogP contribution in [0.3, 0.4) is 0 Å². The molecule has 1 aromatic carbocycles. The molecule has 1 heterocycles. The second-order valence-electron chi connectivity index (χ2n) is 5.06. The standard InChI is InChI=1S/C13H14Cl2N4O2S/c1-13(2,16)22(20,21)10-6-4-3-5-9(10)18-11-8(14)7-17-12(15)19-11/h3-7H,16H2,1-2H3,(H,17,18,19). The summed E-state index contributed by atoms with van der Waals surface area (Å²) in [5.41, 5.74) is 6.08. The number of hydrogen-bond donors (Lipinski definition) is 2. The molecular formula is C13H14Cl2N4O2S. The zero-order valence-electron chi connectivity index (χ0n) is 11.8. The molecule has 0 aliphatic heterocycles. The zero-order chi connectivity index (χ0) is 16.5. The van der Waals surface area contributed by atoms with Crippen LogP contribution in [0.25, 0.3) is 0 Å². The number of sulfone groups is 1. The van der Waals surface area contributed by atoms with E-state index in [4.69, 9.17) is 28.9 Å². The average molecular weight is 361 g/mol. The normalized spacial score (nSPS) is 12.2. The molecule has 9 heteroatoms. The van der Waals surface area contributed by atoms with Gasteiger partial charge in [0.15, 0.2) is 15.7 Å². The van der Waals surface area contributed by atoms with Crippen LogP contribution in [0.4, 0.5) is 11.5 Å². The van der Waals surface area contributed by atoms with Gasteiger partial charge in [-0.25, -0.2) is 13.4 Å². The van der Waals surface area contributed by atoms with E-state index in [0.717, 1.165) is 0 Å². The fraction of sp³-hybridized carbons (Fsp3) is 0.231. The van der Waals surface area contributed by atoms with Crippen molar-refractivity contribution >= 4 is 44.5 Å². The third-order valence-electron chi connectivity index (χ3n) is 2.84. The molecule has 6 nitrogen and oxygen atoms in total. The summed E-state index contributed by atoms with van der Waals surface area (Å²) in [5, 5.41) is 3.06. The van der Waals surface area contributed by atoms with Crippen molar-refractivity contribution in [1.82, 2.24) is 9.97 Å². The van der Waals surface area contributed by atoms with Crippen molar-refractivity contribution in [3.63, 3.8) is 0 Å². The van der Waals surface area contributed by atoms with Crippen molar-refractivity contribution in [3.8, 4) is 0 Å². The molecule has 2 rings (SSSR count). The summed E-state index contributed by atoms with van der Waals surface area (Å²) in [6, 6.07) is 6.34. The molecular weight excluding hydrogens is 347 g/mol. The quantitative estimate of drug-likeness (QED) is 0.813. The number of nitrogens with one attached hydrogen (secondary N) is 1. The van der Waals surface area contributed by atoms with Gasteiger partial charge in [-0.15, -0.1) is 0 Å². The molecule has 0 spiro atoms. The average Bonchev–Trinajstić information content (AvgIpc) is 2.42. The first-order valence-electron chi connectivity index (χ1n) is 6.20. The molecule has 0 aliphatic rings. The van der Waals surface area contributed by atoms with Crippen molar-refractivity contribution in [2.45, 2.75) is 23.6 Å². The van der Waals surface area contributed by atoms with E-state index in [2.05, 4.69) is 15.3 Å². The Morgan fingerprint density at radius 1 is 1.23 bits per heavy atom. The molecule has 1 aromatic heterocycles. The molecule has 0 radical (unpaired) electrons. The van der Waals surface area contributed by atoms with E-state index in [0.29, 0.717) is 5.69 Å². The Morgan fingerprint density at radius 3 is 2.50 bits per heavy atom. The van der Waals surface area contributed by atoms with Gasteiger partial charge in [0.05, 0.1) is 16.8 Å². The highest BCUT2D eigenvalue weighted by Gasteiger charge is 2.33. The number of benzene rings is 1. The molecule has 22 heavy (non-hydrogen) atoms. The van der Waals surface area contributed by atoms with Gasteiger partial charge in [-0.3, -0.25) is 0 Å². The van der Waals surface area contributed by atoms with Crippen molar-refractivity contribution in [2.24, 2.45) is 5.73 Å². The van der Waals surface area contributed by atoms with Crippen molar-refractivity contribution in [2.75, 3.05) is 5.32 Å². The second-order valence-corrected chi connectivity index (χ2v) is 8.31. The summed E-state index contributed by atoms with van der Waals surface area (Å²) in [6.07, 6.45) is 1.32. The van der Waals surface area contributed by atoms with E-state index in [1.165, 1.54) is 26.1 Å². The largest absolute Gasteiger partial charge is 0.338 e. The number of rotatable bonds is 4. The van der Waals surface area contributed by atoms with Crippen LogP contribution < -0.4 is 11.1 Å². The third-order valence-corrected chi connectivity index (χ3v) is 5.62. The fourth-order valence-corrected chi connectivity index (χ4v) is 3.15. The van der Waals surface area contributed by atoms with Gasteiger partial charge in [-0.2, -0.15) is 4.98 Å². The van der Waals surface area contributed by atoms with Crippen LogP contribution in [0.5, 0.6) is 0 Å². The van der Waals surface area contributed by atoms with Crippen LogP contribution >= 0.6 is 23.2 Å². The molecule has 0 aliphatic carbocycles. The molecule has 2 aromatic rings. The highest BCUT2D eigenvalue weighted by molar-refractivity contribution is 7.92. The minimum Gasteiger partial charge on any atom is -0.338 e.